The Hall–Kier alpha value is -6.75. The SMILES string of the molecule is CC1C(C2=CCCCC2)=NC(c2cc3c(cc2-n2c4ccccc4c4cc5cc(-n6c7c(c8c6CCc6ccccc6-8)CCC=C7)ccc5cc42)CCC=C3)[NH2+]C1C1C=C(C2C=CC=CC2)C=CC1. The van der Waals surface area contributed by atoms with Crippen molar-refractivity contribution in [3.05, 3.63) is 202 Å². The average molecular weight is 898 g/mol. The normalized spacial score (nSPS) is 23.7. The zero-order chi connectivity index (χ0) is 45.6. The van der Waals surface area contributed by atoms with Gasteiger partial charge < -0.3 is 14.5 Å². The molecule has 5 aromatic carbocycles. The lowest BCUT2D eigenvalue weighted by atomic mass is 9.75. The van der Waals surface area contributed by atoms with Crippen LogP contribution in [0.4, 0.5) is 0 Å². The van der Waals surface area contributed by atoms with Gasteiger partial charge in [-0.25, -0.2) is 4.99 Å². The molecule has 0 amide bonds. The smallest absolute Gasteiger partial charge is 0.208 e. The van der Waals surface area contributed by atoms with Gasteiger partial charge in [-0.15, -0.1) is 0 Å². The minimum absolute atomic E-state index is 0.0708. The van der Waals surface area contributed by atoms with Gasteiger partial charge in [0, 0.05) is 45.2 Å². The van der Waals surface area contributed by atoms with Crippen LogP contribution in [0.1, 0.15) is 104 Å². The third-order valence-corrected chi connectivity index (χ3v) is 17.1. The van der Waals surface area contributed by atoms with Crippen LogP contribution in [0.15, 0.2) is 168 Å². The summed E-state index contributed by atoms with van der Waals surface area (Å²) in [5, 5.41) is 7.84. The summed E-state index contributed by atoms with van der Waals surface area (Å²) in [6.45, 7) is 2.48. The summed E-state index contributed by atoms with van der Waals surface area (Å²) in [7, 11) is 0. The lowest BCUT2D eigenvalue weighted by Crippen LogP contribution is -2.95. The van der Waals surface area contributed by atoms with Crippen LogP contribution in [-0.2, 0) is 25.7 Å². The molecule has 340 valence electrons. The standard InChI is InChI=1S/C65H60N4/c1-41-63(44-20-6-3-7-21-44)66-65(67-64(41)49-25-16-24-45(35-49)42-17-4-2-5-18-42)56-37-46-22-8-9-23-47(46)39-61(56)69-57-29-14-12-27-53(57)55-38-50-36-51(33-31-48(50)40-60(55)69)68-58-30-15-13-28-54(58)62-52-26-11-10-19-43(52)32-34-59(62)68/h2,4-5,8,10-12,14-17,19-20,22,24,26-27,29-31,33,35-42,49,64-65,67H,3,6-7,9,13,18,21,23,25,28,32,34H2,1H3/p+1. The number of aromatic nitrogens is 2. The van der Waals surface area contributed by atoms with Gasteiger partial charge in [-0.05, 0) is 175 Å². The fraction of sp³-hybridized carbons (Fsp3) is 0.277. The number of nitrogens with zero attached hydrogens (tertiary/aromatic N) is 3. The molecule has 4 nitrogen and oxygen atoms in total. The molecule has 0 saturated heterocycles. The summed E-state index contributed by atoms with van der Waals surface area (Å²) >= 11 is 0. The zero-order valence-corrected chi connectivity index (χ0v) is 39.9. The van der Waals surface area contributed by atoms with Crippen molar-refractivity contribution in [1.82, 2.24) is 9.13 Å². The van der Waals surface area contributed by atoms with E-state index in [2.05, 4.69) is 185 Å². The highest BCUT2D eigenvalue weighted by Gasteiger charge is 2.41. The minimum atomic E-state index is -0.0708. The fourth-order valence-electron chi connectivity index (χ4n) is 13.7. The number of benzene rings is 5. The van der Waals surface area contributed by atoms with E-state index in [0.29, 0.717) is 23.8 Å². The lowest BCUT2D eigenvalue weighted by Gasteiger charge is -2.38. The summed E-state index contributed by atoms with van der Waals surface area (Å²) in [4.78, 5) is 5.94. The Morgan fingerprint density at radius 1 is 0.667 bits per heavy atom. The molecule has 7 aromatic rings. The number of aliphatic imine (C=N–C) groups is 1. The van der Waals surface area contributed by atoms with Crippen LogP contribution in [-0.4, -0.2) is 20.9 Å². The molecule has 5 atom stereocenters. The zero-order valence-electron chi connectivity index (χ0n) is 39.9. The van der Waals surface area contributed by atoms with Gasteiger partial charge in [-0.2, -0.15) is 0 Å². The van der Waals surface area contributed by atoms with Crippen LogP contribution in [0.3, 0.4) is 0 Å². The van der Waals surface area contributed by atoms with Crippen molar-refractivity contribution < 1.29 is 5.32 Å². The summed E-state index contributed by atoms with van der Waals surface area (Å²) < 4.78 is 5.22. The number of quaternary nitrogens is 1. The fourth-order valence-corrected chi connectivity index (χ4v) is 13.7. The predicted molar refractivity (Wildman–Crippen MR) is 288 cm³/mol. The molecule has 2 aromatic heterocycles. The first-order chi connectivity index (χ1) is 34.1. The van der Waals surface area contributed by atoms with E-state index in [4.69, 9.17) is 4.99 Å². The minimum Gasteiger partial charge on any atom is -0.318 e. The van der Waals surface area contributed by atoms with Crippen molar-refractivity contribution >= 4 is 50.4 Å². The molecule has 5 unspecified atom stereocenters. The van der Waals surface area contributed by atoms with Crippen LogP contribution >= 0.6 is 0 Å². The van der Waals surface area contributed by atoms with E-state index in [-0.39, 0.29) is 6.17 Å². The van der Waals surface area contributed by atoms with Gasteiger partial charge in [0.25, 0.3) is 0 Å². The molecule has 3 heterocycles. The van der Waals surface area contributed by atoms with Crippen LogP contribution in [0.5, 0.6) is 0 Å². The van der Waals surface area contributed by atoms with Crippen LogP contribution in [0.25, 0.3) is 67.2 Å². The van der Waals surface area contributed by atoms with Gasteiger partial charge in [0.1, 0.15) is 6.04 Å². The lowest BCUT2D eigenvalue weighted by molar-refractivity contribution is -0.738. The number of aryl methyl sites for hydroxylation is 2. The highest BCUT2D eigenvalue weighted by molar-refractivity contribution is 6.14. The number of allylic oxidation sites excluding steroid dienone is 11. The van der Waals surface area contributed by atoms with E-state index in [0.717, 1.165) is 64.2 Å². The average Bonchev–Trinajstić information content (AvgIpc) is 3.93. The molecule has 0 fully saturated rings. The van der Waals surface area contributed by atoms with E-state index >= 15 is 0 Å². The molecule has 4 heteroatoms. The first kappa shape index (κ1) is 41.2. The number of para-hydroxylation sites is 1. The number of hydrogen-bond acceptors (Lipinski definition) is 1. The van der Waals surface area contributed by atoms with Crippen molar-refractivity contribution in [2.24, 2.45) is 22.7 Å². The predicted octanol–water partition coefficient (Wildman–Crippen LogP) is 14.6. The Balaban J connectivity index is 0.932. The molecule has 14 rings (SSSR count). The molecule has 2 N–H and O–H groups in total. The Kier molecular flexibility index (Phi) is 10.0. The number of hydrogen-bond donors (Lipinski definition) is 1. The van der Waals surface area contributed by atoms with E-state index in [1.54, 1.807) is 0 Å². The number of rotatable bonds is 6. The largest absolute Gasteiger partial charge is 0.318 e. The third-order valence-electron chi connectivity index (χ3n) is 17.1. The Labute approximate surface area is 406 Å². The second-order valence-corrected chi connectivity index (χ2v) is 21.0. The molecular weight excluding hydrogens is 837 g/mol. The summed E-state index contributed by atoms with van der Waals surface area (Å²) in [6, 6.07) is 36.0. The molecule has 7 aliphatic rings. The van der Waals surface area contributed by atoms with Crippen molar-refractivity contribution in [2.45, 2.75) is 96.2 Å². The topological polar surface area (TPSA) is 38.8 Å². The first-order valence-electron chi connectivity index (χ1n) is 26.3. The van der Waals surface area contributed by atoms with Gasteiger partial charge in [0.2, 0.25) is 6.17 Å². The molecule has 6 aliphatic carbocycles. The van der Waals surface area contributed by atoms with Crippen LogP contribution < -0.4 is 5.32 Å². The summed E-state index contributed by atoms with van der Waals surface area (Å²) in [5.74, 6) is 1.23. The Bertz CT molecular complexity index is 3530. The monoisotopic (exact) mass is 897 g/mol. The molecule has 69 heavy (non-hydrogen) atoms. The van der Waals surface area contributed by atoms with Crippen LogP contribution in [0, 0.1) is 17.8 Å². The molecule has 0 radical (unpaired) electrons. The summed E-state index contributed by atoms with van der Waals surface area (Å²) in [5.41, 5.74) is 22.2. The van der Waals surface area contributed by atoms with E-state index in [9.17, 15) is 0 Å². The molecule has 0 spiro atoms. The number of nitrogens with two attached hydrogens (primary N) is 1. The maximum absolute atomic E-state index is 5.94. The molecule has 0 saturated carbocycles. The van der Waals surface area contributed by atoms with Crippen molar-refractivity contribution in [2.75, 3.05) is 0 Å². The van der Waals surface area contributed by atoms with Gasteiger partial charge in [0.05, 0.1) is 33.9 Å². The van der Waals surface area contributed by atoms with Gasteiger partial charge in [-0.1, -0.05) is 122 Å². The Morgan fingerprint density at radius 2 is 1.58 bits per heavy atom. The third kappa shape index (κ3) is 6.84. The number of fused-ring (bicyclic) bond motifs is 10. The second kappa shape index (κ2) is 16.7. The maximum Gasteiger partial charge on any atom is 0.208 e. The molecule has 0 bridgehead atoms. The van der Waals surface area contributed by atoms with Crippen molar-refractivity contribution in [3.63, 3.8) is 0 Å². The van der Waals surface area contributed by atoms with E-state index in [1.807, 2.05) is 0 Å². The highest BCUT2D eigenvalue weighted by Crippen LogP contribution is 2.45. The molecule has 1 aliphatic heterocycles. The van der Waals surface area contributed by atoms with E-state index < -0.39 is 0 Å². The highest BCUT2D eigenvalue weighted by atomic mass is 15.1. The van der Waals surface area contributed by atoms with Gasteiger partial charge in [0.15, 0.2) is 0 Å². The van der Waals surface area contributed by atoms with Crippen molar-refractivity contribution in [1.29, 1.82) is 0 Å². The van der Waals surface area contributed by atoms with Crippen LogP contribution in [0.2, 0.25) is 0 Å². The van der Waals surface area contributed by atoms with Gasteiger partial charge >= 0.3 is 0 Å². The maximum atomic E-state index is 5.94. The Morgan fingerprint density at radius 3 is 2.51 bits per heavy atom. The first-order valence-corrected chi connectivity index (χ1v) is 26.3. The van der Waals surface area contributed by atoms with Gasteiger partial charge in [-0.3, -0.25) is 0 Å². The summed E-state index contributed by atoms with van der Waals surface area (Å²) in [6.07, 6.45) is 42.1. The quantitative estimate of drug-likeness (QED) is 0.173. The molecular formula is C65H61N4+. The second-order valence-electron chi connectivity index (χ2n) is 21.0. The van der Waals surface area contributed by atoms with E-state index in [1.165, 1.54) is 124 Å². The van der Waals surface area contributed by atoms with Crippen molar-refractivity contribution in [3.8, 4) is 22.5 Å².